The average molecular weight is 332 g/mol. The van der Waals surface area contributed by atoms with Crippen LogP contribution in [0.2, 0.25) is 0 Å². The minimum absolute atomic E-state index is 0.158. The summed E-state index contributed by atoms with van der Waals surface area (Å²) in [5.74, 6) is 0.219. The largest absolute Gasteiger partial charge is 0.383 e. The molecule has 2 rings (SSSR count). The lowest BCUT2D eigenvalue weighted by atomic mass is 10.2. The smallest absolute Gasteiger partial charge is 0.244 e. The molecule has 1 atom stereocenters. The number of hydrogen-bond acceptors (Lipinski definition) is 5. The summed E-state index contributed by atoms with van der Waals surface area (Å²) in [7, 11) is -3.67. The van der Waals surface area contributed by atoms with E-state index in [1.807, 2.05) is 0 Å². The molecule has 0 spiro atoms. The maximum absolute atomic E-state index is 12.2. The van der Waals surface area contributed by atoms with Crippen molar-refractivity contribution in [2.45, 2.75) is 23.0 Å². The topological polar surface area (TPSA) is 83.6 Å². The molecule has 6 nitrogen and oxygen atoms in total. The van der Waals surface area contributed by atoms with Gasteiger partial charge >= 0.3 is 0 Å². The van der Waals surface area contributed by atoms with Crippen molar-refractivity contribution >= 4 is 25.5 Å². The van der Waals surface area contributed by atoms with Gasteiger partial charge in [0.05, 0.1) is 16.7 Å². The summed E-state index contributed by atoms with van der Waals surface area (Å²) in [5, 5.41) is 2.55. The zero-order valence-corrected chi connectivity index (χ0v) is 13.7. The summed E-state index contributed by atoms with van der Waals surface area (Å²) in [4.78, 5) is 0.158. The monoisotopic (exact) mass is 332 g/mol. The Morgan fingerprint density at radius 3 is 2.52 bits per heavy atom. The Hall–Kier alpha value is -1.12. The molecular weight excluding hydrogens is 312 g/mol. The van der Waals surface area contributed by atoms with Crippen molar-refractivity contribution in [3.8, 4) is 0 Å². The van der Waals surface area contributed by atoms with E-state index in [0.717, 1.165) is 4.31 Å². The number of hydrogen-bond donors (Lipinski definition) is 1. The molecule has 1 aromatic rings. The lowest BCUT2D eigenvalue weighted by Gasteiger charge is -2.17. The molecule has 1 N–H and O–H groups in total. The number of nitrogens with zero attached hydrogens (tertiary/aromatic N) is 1. The number of para-hydroxylation sites is 1. The van der Waals surface area contributed by atoms with Crippen LogP contribution in [0.1, 0.15) is 12.8 Å². The predicted molar refractivity (Wildman–Crippen MR) is 82.6 cm³/mol. The van der Waals surface area contributed by atoms with E-state index in [1.54, 1.807) is 18.2 Å². The Kier molecular flexibility index (Phi) is 4.60. The summed E-state index contributed by atoms with van der Waals surface area (Å²) in [6.07, 6.45) is 1.30. The van der Waals surface area contributed by atoms with E-state index in [9.17, 15) is 16.8 Å². The van der Waals surface area contributed by atoms with Crippen molar-refractivity contribution in [1.82, 2.24) is 4.31 Å². The lowest BCUT2D eigenvalue weighted by Crippen LogP contribution is -2.27. The molecule has 118 valence electrons. The van der Waals surface area contributed by atoms with Gasteiger partial charge in [-0.1, -0.05) is 12.1 Å². The van der Waals surface area contributed by atoms with E-state index in [1.165, 1.54) is 20.2 Å². The fraction of sp³-hybridized carbons (Fsp3) is 0.538. The van der Waals surface area contributed by atoms with Crippen LogP contribution in [0, 0.1) is 0 Å². The fourth-order valence-electron chi connectivity index (χ4n) is 2.35. The Labute approximate surface area is 126 Å². The van der Waals surface area contributed by atoms with Crippen molar-refractivity contribution in [1.29, 1.82) is 0 Å². The Morgan fingerprint density at radius 1 is 1.29 bits per heavy atom. The number of sulfonamides is 1. The fourth-order valence-corrected chi connectivity index (χ4v) is 5.17. The number of nitrogens with one attached hydrogen (secondary N) is 1. The van der Waals surface area contributed by atoms with Gasteiger partial charge < -0.3 is 5.32 Å². The average Bonchev–Trinajstić information content (AvgIpc) is 2.75. The van der Waals surface area contributed by atoms with Gasteiger partial charge in [-0.2, -0.15) is 0 Å². The van der Waals surface area contributed by atoms with Crippen LogP contribution in [0.15, 0.2) is 29.2 Å². The molecule has 1 aromatic carbocycles. The molecule has 1 fully saturated rings. The highest BCUT2D eigenvalue weighted by Gasteiger charge is 2.31. The van der Waals surface area contributed by atoms with Gasteiger partial charge in [0.2, 0.25) is 10.0 Å². The first-order valence-electron chi connectivity index (χ1n) is 6.72. The highest BCUT2D eigenvalue weighted by Crippen LogP contribution is 2.25. The number of sulfone groups is 1. The minimum Gasteiger partial charge on any atom is -0.383 e. The van der Waals surface area contributed by atoms with Gasteiger partial charge in [-0.25, -0.2) is 21.1 Å². The molecule has 0 radical (unpaired) electrons. The third kappa shape index (κ3) is 3.38. The normalized spacial score (nSPS) is 21.6. The van der Waals surface area contributed by atoms with Gasteiger partial charge in [0.15, 0.2) is 9.84 Å². The zero-order chi connectivity index (χ0) is 15.7. The zero-order valence-electron chi connectivity index (χ0n) is 12.1. The van der Waals surface area contributed by atoms with E-state index >= 15 is 0 Å². The first kappa shape index (κ1) is 16.3. The van der Waals surface area contributed by atoms with E-state index in [0.29, 0.717) is 18.5 Å². The third-order valence-corrected chi connectivity index (χ3v) is 7.78. The minimum atomic E-state index is -3.56. The molecule has 1 aliphatic heterocycles. The maximum atomic E-state index is 12.2. The summed E-state index contributed by atoms with van der Waals surface area (Å²) >= 11 is 0. The van der Waals surface area contributed by atoms with E-state index in [2.05, 4.69) is 5.32 Å². The molecule has 1 unspecified atom stereocenters. The number of rotatable bonds is 5. The van der Waals surface area contributed by atoms with E-state index < -0.39 is 25.1 Å². The quantitative estimate of drug-likeness (QED) is 0.867. The van der Waals surface area contributed by atoms with Crippen LogP contribution in [-0.4, -0.2) is 52.8 Å². The second-order valence-electron chi connectivity index (χ2n) is 5.30. The first-order valence-corrected chi connectivity index (χ1v) is 9.88. The molecule has 0 aromatic heterocycles. The van der Waals surface area contributed by atoms with Crippen molar-refractivity contribution in [3.63, 3.8) is 0 Å². The van der Waals surface area contributed by atoms with Crippen LogP contribution in [0.5, 0.6) is 0 Å². The van der Waals surface area contributed by atoms with E-state index in [-0.39, 0.29) is 17.2 Å². The molecule has 0 saturated carbocycles. The van der Waals surface area contributed by atoms with Crippen LogP contribution >= 0.6 is 0 Å². The van der Waals surface area contributed by atoms with Gasteiger partial charge in [-0.05, 0) is 25.0 Å². The standard InChI is InChI=1S/C13H20N2O4S2/c1-15(2)21(18,19)13-8-4-3-7-12(13)14-10-11-6-5-9-20(11,16)17/h3-4,7-8,11,14H,5-6,9-10H2,1-2H3. The van der Waals surface area contributed by atoms with E-state index in [4.69, 9.17) is 0 Å². The van der Waals surface area contributed by atoms with Gasteiger partial charge in [0.25, 0.3) is 0 Å². The number of anilines is 1. The van der Waals surface area contributed by atoms with Crippen molar-refractivity contribution < 1.29 is 16.8 Å². The van der Waals surface area contributed by atoms with Crippen LogP contribution in [0.4, 0.5) is 5.69 Å². The molecule has 8 heteroatoms. The predicted octanol–water partition coefficient (Wildman–Crippen LogP) is 0.926. The van der Waals surface area contributed by atoms with Gasteiger partial charge in [0, 0.05) is 20.6 Å². The Balaban J connectivity index is 2.22. The second kappa shape index (κ2) is 5.94. The first-order chi connectivity index (χ1) is 9.75. The SMILES string of the molecule is CN(C)S(=O)(=O)c1ccccc1NCC1CCCS1(=O)=O. The molecular formula is C13H20N2O4S2. The number of benzene rings is 1. The lowest BCUT2D eigenvalue weighted by molar-refractivity contribution is 0.521. The molecule has 1 aliphatic rings. The summed E-state index contributed by atoms with van der Waals surface area (Å²) in [6.45, 7) is 0.238. The third-order valence-electron chi connectivity index (χ3n) is 3.63. The van der Waals surface area contributed by atoms with Gasteiger partial charge in [-0.3, -0.25) is 0 Å². The van der Waals surface area contributed by atoms with Crippen LogP contribution < -0.4 is 5.32 Å². The highest BCUT2D eigenvalue weighted by molar-refractivity contribution is 7.92. The Bertz CT molecular complexity index is 711. The molecule has 21 heavy (non-hydrogen) atoms. The molecule has 0 amide bonds. The molecule has 0 aliphatic carbocycles. The van der Waals surface area contributed by atoms with Crippen LogP contribution in [0.25, 0.3) is 0 Å². The molecule has 1 saturated heterocycles. The van der Waals surface area contributed by atoms with Gasteiger partial charge in [-0.15, -0.1) is 0 Å². The summed E-state index contributed by atoms with van der Waals surface area (Å²) in [6, 6.07) is 6.53. The van der Waals surface area contributed by atoms with Crippen molar-refractivity contribution in [2.24, 2.45) is 0 Å². The van der Waals surface area contributed by atoms with Crippen LogP contribution in [0.3, 0.4) is 0 Å². The molecule has 0 bridgehead atoms. The Morgan fingerprint density at radius 2 is 1.95 bits per heavy atom. The maximum Gasteiger partial charge on any atom is 0.244 e. The second-order valence-corrected chi connectivity index (χ2v) is 9.82. The van der Waals surface area contributed by atoms with Gasteiger partial charge in [0.1, 0.15) is 4.90 Å². The highest BCUT2D eigenvalue weighted by atomic mass is 32.2. The summed E-state index contributed by atoms with van der Waals surface area (Å²) in [5.41, 5.74) is 0.438. The summed E-state index contributed by atoms with van der Waals surface area (Å²) < 4.78 is 49.2. The molecule has 1 heterocycles. The van der Waals surface area contributed by atoms with Crippen molar-refractivity contribution in [2.75, 3.05) is 31.7 Å². The van der Waals surface area contributed by atoms with Crippen LogP contribution in [-0.2, 0) is 19.9 Å². The van der Waals surface area contributed by atoms with Crippen molar-refractivity contribution in [3.05, 3.63) is 24.3 Å².